The van der Waals surface area contributed by atoms with E-state index in [9.17, 15) is 0 Å². The fourth-order valence-corrected chi connectivity index (χ4v) is 2.85. The van der Waals surface area contributed by atoms with Crippen LogP contribution in [0.1, 0.15) is 31.9 Å². The summed E-state index contributed by atoms with van der Waals surface area (Å²) in [6, 6.07) is 0.536. The van der Waals surface area contributed by atoms with Crippen LogP contribution in [0.5, 0.6) is 0 Å². The highest BCUT2D eigenvalue weighted by Crippen LogP contribution is 2.26. The summed E-state index contributed by atoms with van der Waals surface area (Å²) in [4.78, 5) is 10.9. The second-order valence-corrected chi connectivity index (χ2v) is 5.33. The van der Waals surface area contributed by atoms with Crippen molar-refractivity contribution in [3.8, 4) is 0 Å². The van der Waals surface area contributed by atoms with Gasteiger partial charge in [0.25, 0.3) is 5.71 Å². The first kappa shape index (κ1) is 13.3. The van der Waals surface area contributed by atoms with E-state index in [0.717, 1.165) is 36.5 Å². The number of piperidine rings is 1. The van der Waals surface area contributed by atoms with E-state index in [2.05, 4.69) is 32.3 Å². The van der Waals surface area contributed by atoms with Crippen LogP contribution >= 0.6 is 0 Å². The van der Waals surface area contributed by atoms with Gasteiger partial charge in [0.2, 0.25) is 0 Å². The average Bonchev–Trinajstić information content (AvgIpc) is 2.88. The Hall–Kier alpha value is -1.69. The number of nitrogens with one attached hydrogen (secondary N) is 1. The van der Waals surface area contributed by atoms with Gasteiger partial charge in [-0.25, -0.2) is 4.98 Å². The van der Waals surface area contributed by atoms with Crippen LogP contribution in [0.25, 0.3) is 11.1 Å². The molecule has 0 spiro atoms. The van der Waals surface area contributed by atoms with Crippen LogP contribution < -0.4 is 10.2 Å². The third-order valence-electron chi connectivity index (χ3n) is 3.96. The average molecular weight is 275 g/mol. The van der Waals surface area contributed by atoms with Crippen molar-refractivity contribution >= 4 is 16.9 Å². The van der Waals surface area contributed by atoms with Crippen LogP contribution in [-0.4, -0.2) is 40.8 Å². The Morgan fingerprint density at radius 2 is 2.30 bits per heavy atom. The Bertz CT molecular complexity index is 576. The third-order valence-corrected chi connectivity index (χ3v) is 3.96. The fourth-order valence-electron chi connectivity index (χ4n) is 2.85. The second-order valence-electron chi connectivity index (χ2n) is 5.33. The van der Waals surface area contributed by atoms with Crippen LogP contribution in [0.2, 0.25) is 0 Å². The minimum atomic E-state index is 0.536. The van der Waals surface area contributed by atoms with Crippen molar-refractivity contribution in [3.05, 3.63) is 12.0 Å². The maximum Gasteiger partial charge on any atom is 0.263 e. The van der Waals surface area contributed by atoms with Crippen molar-refractivity contribution < 1.29 is 4.52 Å². The van der Waals surface area contributed by atoms with Crippen molar-refractivity contribution in [2.24, 2.45) is 0 Å². The molecule has 2 aromatic heterocycles. The molecule has 1 saturated heterocycles. The Morgan fingerprint density at radius 1 is 1.40 bits per heavy atom. The van der Waals surface area contributed by atoms with E-state index in [0.29, 0.717) is 11.8 Å². The van der Waals surface area contributed by atoms with Crippen LogP contribution in [0.3, 0.4) is 0 Å². The molecule has 0 aromatic carbocycles. The summed E-state index contributed by atoms with van der Waals surface area (Å²) in [6.45, 7) is 7.08. The molecule has 108 valence electrons. The lowest BCUT2D eigenvalue weighted by molar-refractivity contribution is 0.400. The molecule has 3 heterocycles. The highest BCUT2D eigenvalue weighted by atomic mass is 16.5. The largest absolute Gasteiger partial charge is 0.355 e. The molecule has 0 amide bonds. The van der Waals surface area contributed by atoms with Crippen molar-refractivity contribution in [3.63, 3.8) is 0 Å². The molecular formula is C14H21N5O. The molecule has 6 nitrogen and oxygen atoms in total. The summed E-state index contributed by atoms with van der Waals surface area (Å²) in [5.74, 6) is 0.934. The molecule has 1 aliphatic rings. The number of anilines is 1. The molecule has 1 unspecified atom stereocenters. The molecule has 1 N–H and O–H groups in total. The van der Waals surface area contributed by atoms with Crippen molar-refractivity contribution in [2.75, 3.05) is 24.5 Å². The number of hydrogen-bond donors (Lipinski definition) is 1. The van der Waals surface area contributed by atoms with Gasteiger partial charge in [0, 0.05) is 19.1 Å². The first-order valence-corrected chi connectivity index (χ1v) is 7.35. The Labute approximate surface area is 118 Å². The molecule has 1 atom stereocenters. The highest BCUT2D eigenvalue weighted by molar-refractivity contribution is 5.87. The van der Waals surface area contributed by atoms with E-state index < -0.39 is 0 Å². The monoisotopic (exact) mass is 275 g/mol. The number of nitrogens with zero attached hydrogens (tertiary/aromatic N) is 4. The lowest BCUT2D eigenvalue weighted by Gasteiger charge is -2.30. The molecule has 1 fully saturated rings. The van der Waals surface area contributed by atoms with Gasteiger partial charge in [0.15, 0.2) is 0 Å². The summed E-state index contributed by atoms with van der Waals surface area (Å²) >= 11 is 0. The number of aryl methyl sites for hydroxylation is 1. The molecule has 0 aliphatic carbocycles. The topological polar surface area (TPSA) is 67.1 Å². The lowest BCUT2D eigenvalue weighted by atomic mass is 10.0. The van der Waals surface area contributed by atoms with E-state index in [4.69, 9.17) is 4.52 Å². The molecule has 2 aromatic rings. The third kappa shape index (κ3) is 2.47. The van der Waals surface area contributed by atoms with Gasteiger partial charge < -0.3 is 14.7 Å². The predicted octanol–water partition coefficient (Wildman–Crippen LogP) is 1.89. The summed E-state index contributed by atoms with van der Waals surface area (Å²) in [6.07, 6.45) is 5.37. The predicted molar refractivity (Wildman–Crippen MR) is 77.9 cm³/mol. The van der Waals surface area contributed by atoms with Crippen LogP contribution in [0.4, 0.5) is 5.82 Å². The lowest BCUT2D eigenvalue weighted by Crippen LogP contribution is -2.44. The van der Waals surface area contributed by atoms with E-state index in [-0.39, 0.29) is 0 Å². The zero-order chi connectivity index (χ0) is 13.9. The summed E-state index contributed by atoms with van der Waals surface area (Å²) in [7, 11) is 0. The normalized spacial score (nSPS) is 19.4. The maximum atomic E-state index is 5.23. The van der Waals surface area contributed by atoms with Gasteiger partial charge in [-0.3, -0.25) is 0 Å². The van der Waals surface area contributed by atoms with Gasteiger partial charge in [0.1, 0.15) is 17.5 Å². The van der Waals surface area contributed by atoms with E-state index in [1.165, 1.54) is 19.3 Å². The smallest absolute Gasteiger partial charge is 0.263 e. The summed E-state index contributed by atoms with van der Waals surface area (Å²) in [5, 5.41) is 8.52. The number of aromatic nitrogens is 3. The molecule has 1 aliphatic heterocycles. The van der Waals surface area contributed by atoms with Gasteiger partial charge >= 0.3 is 0 Å². The van der Waals surface area contributed by atoms with Crippen LogP contribution in [-0.2, 0) is 0 Å². The molecule has 6 heteroatoms. The Kier molecular flexibility index (Phi) is 3.82. The van der Waals surface area contributed by atoms with E-state index >= 15 is 0 Å². The van der Waals surface area contributed by atoms with Gasteiger partial charge in [-0.1, -0.05) is 11.6 Å². The molecule has 20 heavy (non-hydrogen) atoms. The maximum absolute atomic E-state index is 5.23. The van der Waals surface area contributed by atoms with Crippen molar-refractivity contribution in [2.45, 2.75) is 39.2 Å². The van der Waals surface area contributed by atoms with Gasteiger partial charge in [-0.05, 0) is 33.2 Å². The summed E-state index contributed by atoms with van der Waals surface area (Å²) < 4.78 is 5.23. The molecule has 0 radical (unpaired) electrons. The first-order chi connectivity index (χ1) is 9.79. The van der Waals surface area contributed by atoms with Crippen LogP contribution in [0, 0.1) is 6.92 Å². The molecule has 0 bridgehead atoms. The number of hydrogen-bond acceptors (Lipinski definition) is 6. The van der Waals surface area contributed by atoms with E-state index in [1.54, 1.807) is 6.33 Å². The molecular weight excluding hydrogens is 254 g/mol. The zero-order valence-electron chi connectivity index (χ0n) is 12.1. The van der Waals surface area contributed by atoms with Crippen LogP contribution in [0.15, 0.2) is 10.9 Å². The fraction of sp³-hybridized carbons (Fsp3) is 0.643. The first-order valence-electron chi connectivity index (χ1n) is 7.35. The second kappa shape index (κ2) is 5.75. The highest BCUT2D eigenvalue weighted by Gasteiger charge is 2.20. The number of likely N-dealkylation sites (N-methyl/N-ethyl adjacent to an activating group) is 1. The van der Waals surface area contributed by atoms with E-state index in [1.807, 2.05) is 6.92 Å². The van der Waals surface area contributed by atoms with Crippen molar-refractivity contribution in [1.29, 1.82) is 0 Å². The minimum Gasteiger partial charge on any atom is -0.355 e. The Morgan fingerprint density at radius 3 is 3.05 bits per heavy atom. The van der Waals surface area contributed by atoms with Crippen molar-refractivity contribution in [1.82, 2.24) is 20.4 Å². The molecule has 0 saturated carbocycles. The SMILES string of the molecule is CCN(CC1CCCCN1)c1ncnc2onc(C)c12. The zero-order valence-corrected chi connectivity index (χ0v) is 12.1. The van der Waals surface area contributed by atoms with Gasteiger partial charge in [-0.2, -0.15) is 4.98 Å². The number of fused-ring (bicyclic) bond motifs is 1. The summed E-state index contributed by atoms with van der Waals surface area (Å²) in [5.41, 5.74) is 1.42. The number of rotatable bonds is 4. The molecule has 3 rings (SSSR count). The Balaban J connectivity index is 1.88. The standard InChI is InChI=1S/C14H21N5O/c1-3-19(8-11-6-4-5-7-15-11)13-12-10(2)18-20-14(12)17-9-16-13/h9,11,15H,3-8H2,1-2H3. The minimum absolute atomic E-state index is 0.536. The van der Waals surface area contributed by atoms with Gasteiger partial charge in [0.05, 0.1) is 5.69 Å². The van der Waals surface area contributed by atoms with Gasteiger partial charge in [-0.15, -0.1) is 0 Å². The quantitative estimate of drug-likeness (QED) is 0.919.